The van der Waals surface area contributed by atoms with Crippen molar-refractivity contribution in [3.8, 4) is 0 Å². The van der Waals surface area contributed by atoms with E-state index in [4.69, 9.17) is 4.74 Å². The molecule has 3 rings (SSSR count). The van der Waals surface area contributed by atoms with Crippen LogP contribution in [0.2, 0.25) is 0 Å². The Bertz CT molecular complexity index is 682. The van der Waals surface area contributed by atoms with Crippen LogP contribution in [-0.4, -0.2) is 32.2 Å². The zero-order valence-electron chi connectivity index (χ0n) is 13.2. The van der Waals surface area contributed by atoms with Crippen LogP contribution < -0.4 is 0 Å². The van der Waals surface area contributed by atoms with Gasteiger partial charge in [-0.25, -0.2) is 9.78 Å². The van der Waals surface area contributed by atoms with Gasteiger partial charge in [-0.2, -0.15) is 0 Å². The SMILES string of the molecule is CCc1nc2n(c1CO)CCN(C(=O)OCc1ccccc1)C2. The van der Waals surface area contributed by atoms with Crippen molar-refractivity contribution in [2.45, 2.75) is 39.6 Å². The molecule has 1 aliphatic rings. The van der Waals surface area contributed by atoms with Crippen LogP contribution in [-0.2, 0) is 37.5 Å². The minimum absolute atomic E-state index is 0.0192. The molecular formula is C17H21N3O3. The van der Waals surface area contributed by atoms with E-state index in [1.54, 1.807) is 4.90 Å². The van der Waals surface area contributed by atoms with Crippen LogP contribution in [0.1, 0.15) is 29.7 Å². The maximum absolute atomic E-state index is 12.2. The number of benzene rings is 1. The van der Waals surface area contributed by atoms with Crippen molar-refractivity contribution in [3.63, 3.8) is 0 Å². The predicted octanol–water partition coefficient (Wildman–Crippen LogP) is 2.09. The second-order valence-corrected chi connectivity index (χ2v) is 5.55. The molecule has 2 heterocycles. The first-order valence-electron chi connectivity index (χ1n) is 7.86. The van der Waals surface area contributed by atoms with Gasteiger partial charge in [-0.15, -0.1) is 0 Å². The van der Waals surface area contributed by atoms with Crippen molar-refractivity contribution in [2.75, 3.05) is 6.54 Å². The highest BCUT2D eigenvalue weighted by molar-refractivity contribution is 5.67. The van der Waals surface area contributed by atoms with Crippen LogP contribution in [0.25, 0.3) is 0 Å². The van der Waals surface area contributed by atoms with Gasteiger partial charge in [0.2, 0.25) is 0 Å². The van der Waals surface area contributed by atoms with Crippen molar-refractivity contribution in [3.05, 3.63) is 53.1 Å². The summed E-state index contributed by atoms with van der Waals surface area (Å²) in [6.07, 6.45) is 0.445. The molecule has 1 N–H and O–H groups in total. The van der Waals surface area contributed by atoms with Crippen molar-refractivity contribution >= 4 is 6.09 Å². The standard InChI is InChI=1S/C17H21N3O3/c1-2-14-15(11-21)20-9-8-19(10-16(20)18-14)17(22)23-12-13-6-4-3-5-7-13/h3-7,21H,2,8-12H2,1H3. The van der Waals surface area contributed by atoms with Crippen LogP contribution in [0.15, 0.2) is 30.3 Å². The quantitative estimate of drug-likeness (QED) is 0.938. The molecule has 0 fully saturated rings. The first-order valence-corrected chi connectivity index (χ1v) is 7.86. The van der Waals surface area contributed by atoms with E-state index in [9.17, 15) is 9.90 Å². The number of aromatic nitrogens is 2. The molecule has 0 saturated carbocycles. The van der Waals surface area contributed by atoms with Crippen LogP contribution in [0.3, 0.4) is 0 Å². The van der Waals surface area contributed by atoms with E-state index >= 15 is 0 Å². The van der Waals surface area contributed by atoms with Gasteiger partial charge in [0.05, 0.1) is 24.5 Å². The Morgan fingerprint density at radius 2 is 2.09 bits per heavy atom. The summed E-state index contributed by atoms with van der Waals surface area (Å²) in [4.78, 5) is 18.4. The highest BCUT2D eigenvalue weighted by Gasteiger charge is 2.26. The zero-order chi connectivity index (χ0) is 16.2. The number of imidazole rings is 1. The third kappa shape index (κ3) is 3.22. The monoisotopic (exact) mass is 315 g/mol. The average Bonchev–Trinajstić information content (AvgIpc) is 2.97. The minimum atomic E-state index is -0.327. The van der Waals surface area contributed by atoms with Crippen molar-refractivity contribution in [2.24, 2.45) is 0 Å². The lowest BCUT2D eigenvalue weighted by Gasteiger charge is -2.27. The lowest BCUT2D eigenvalue weighted by atomic mass is 10.2. The topological polar surface area (TPSA) is 67.6 Å². The van der Waals surface area contributed by atoms with Gasteiger partial charge >= 0.3 is 6.09 Å². The number of aliphatic hydroxyl groups excluding tert-OH is 1. The van der Waals surface area contributed by atoms with Crippen molar-refractivity contribution in [1.29, 1.82) is 0 Å². The first-order chi connectivity index (χ1) is 11.2. The van der Waals surface area contributed by atoms with Crippen LogP contribution in [0, 0.1) is 0 Å². The Hall–Kier alpha value is -2.34. The summed E-state index contributed by atoms with van der Waals surface area (Å²) < 4.78 is 7.39. The molecule has 2 aromatic rings. The fourth-order valence-corrected chi connectivity index (χ4v) is 2.87. The molecule has 6 nitrogen and oxygen atoms in total. The van der Waals surface area contributed by atoms with Crippen LogP contribution in [0.4, 0.5) is 4.79 Å². The fraction of sp³-hybridized carbons (Fsp3) is 0.412. The Morgan fingerprint density at radius 1 is 1.30 bits per heavy atom. The lowest BCUT2D eigenvalue weighted by Crippen LogP contribution is -2.39. The molecule has 1 aromatic heterocycles. The molecule has 1 amide bonds. The molecule has 0 bridgehead atoms. The Kier molecular flexibility index (Phi) is 4.62. The van der Waals surface area contributed by atoms with E-state index in [-0.39, 0.29) is 19.3 Å². The number of nitrogens with zero attached hydrogens (tertiary/aromatic N) is 3. The number of aryl methyl sites for hydroxylation is 1. The number of amides is 1. The molecule has 6 heteroatoms. The number of ether oxygens (including phenoxy) is 1. The number of rotatable bonds is 4. The Labute approximate surface area is 135 Å². The van der Waals surface area contributed by atoms with Crippen LogP contribution >= 0.6 is 0 Å². The van der Waals surface area contributed by atoms with Gasteiger partial charge in [0.1, 0.15) is 12.4 Å². The second-order valence-electron chi connectivity index (χ2n) is 5.55. The molecule has 0 radical (unpaired) electrons. The second kappa shape index (κ2) is 6.83. The summed E-state index contributed by atoms with van der Waals surface area (Å²) in [5, 5.41) is 9.51. The molecular weight excluding hydrogens is 294 g/mol. The van der Waals surface area contributed by atoms with E-state index in [1.165, 1.54) is 0 Å². The largest absolute Gasteiger partial charge is 0.445 e. The normalized spacial score (nSPS) is 13.7. The van der Waals surface area contributed by atoms with Gasteiger partial charge in [0, 0.05) is 13.1 Å². The molecule has 0 unspecified atom stereocenters. The van der Waals surface area contributed by atoms with Crippen molar-refractivity contribution in [1.82, 2.24) is 14.5 Å². The highest BCUT2D eigenvalue weighted by atomic mass is 16.6. The van der Waals surface area contributed by atoms with Gasteiger partial charge in [0.15, 0.2) is 0 Å². The maximum Gasteiger partial charge on any atom is 0.410 e. The van der Waals surface area contributed by atoms with Crippen molar-refractivity contribution < 1.29 is 14.6 Å². The number of fused-ring (bicyclic) bond motifs is 1. The van der Waals surface area contributed by atoms with Gasteiger partial charge < -0.3 is 14.4 Å². The third-order valence-electron chi connectivity index (χ3n) is 4.11. The average molecular weight is 315 g/mol. The van der Waals surface area contributed by atoms with Gasteiger partial charge in [-0.3, -0.25) is 4.90 Å². The summed E-state index contributed by atoms with van der Waals surface area (Å²) in [7, 11) is 0. The Morgan fingerprint density at radius 3 is 2.78 bits per heavy atom. The molecule has 1 aliphatic heterocycles. The first kappa shape index (κ1) is 15.6. The maximum atomic E-state index is 12.2. The molecule has 0 atom stereocenters. The number of aliphatic hydroxyl groups is 1. The molecule has 0 aliphatic carbocycles. The summed E-state index contributed by atoms with van der Waals surface area (Å²) in [6, 6.07) is 9.63. The number of carbonyl (C=O) groups excluding carboxylic acids is 1. The minimum Gasteiger partial charge on any atom is -0.445 e. The van der Waals surface area contributed by atoms with Gasteiger partial charge in [-0.05, 0) is 12.0 Å². The number of carbonyl (C=O) groups is 1. The molecule has 0 spiro atoms. The smallest absolute Gasteiger partial charge is 0.410 e. The Balaban J connectivity index is 1.65. The zero-order valence-corrected chi connectivity index (χ0v) is 13.2. The predicted molar refractivity (Wildman–Crippen MR) is 84.6 cm³/mol. The number of hydrogen-bond acceptors (Lipinski definition) is 4. The highest BCUT2D eigenvalue weighted by Crippen LogP contribution is 2.19. The van der Waals surface area contributed by atoms with Gasteiger partial charge in [0.25, 0.3) is 0 Å². The number of hydrogen-bond donors (Lipinski definition) is 1. The molecule has 122 valence electrons. The molecule has 23 heavy (non-hydrogen) atoms. The van der Waals surface area contributed by atoms with E-state index in [0.29, 0.717) is 19.6 Å². The van der Waals surface area contributed by atoms with E-state index in [1.807, 2.05) is 41.8 Å². The summed E-state index contributed by atoms with van der Waals surface area (Å²) in [6.45, 7) is 3.88. The van der Waals surface area contributed by atoms with E-state index in [2.05, 4.69) is 4.98 Å². The van der Waals surface area contributed by atoms with Gasteiger partial charge in [-0.1, -0.05) is 37.3 Å². The van der Waals surface area contributed by atoms with E-state index in [0.717, 1.165) is 29.2 Å². The van der Waals surface area contributed by atoms with Crippen LogP contribution in [0.5, 0.6) is 0 Å². The third-order valence-corrected chi connectivity index (χ3v) is 4.11. The molecule has 1 aromatic carbocycles. The lowest BCUT2D eigenvalue weighted by molar-refractivity contribution is 0.0856. The van der Waals surface area contributed by atoms with E-state index < -0.39 is 0 Å². The summed E-state index contributed by atoms with van der Waals surface area (Å²) in [5.41, 5.74) is 2.73. The fourth-order valence-electron chi connectivity index (χ4n) is 2.87. The summed E-state index contributed by atoms with van der Waals surface area (Å²) in [5.74, 6) is 0.814. The molecule has 0 saturated heterocycles. The summed E-state index contributed by atoms with van der Waals surface area (Å²) >= 11 is 0.